The zero-order valence-electron chi connectivity index (χ0n) is 8.98. The van der Waals surface area contributed by atoms with Gasteiger partial charge in [-0.1, -0.05) is 52.3 Å². The highest BCUT2D eigenvalue weighted by Crippen LogP contribution is 2.32. The average Bonchev–Trinajstić information content (AvgIpc) is 2.36. The smallest absolute Gasteiger partial charge is 0.151 e. The molecule has 0 aliphatic rings. The lowest BCUT2D eigenvalue weighted by molar-refractivity contribution is 0.112. The van der Waals surface area contributed by atoms with Gasteiger partial charge in [-0.3, -0.25) is 4.79 Å². The van der Waals surface area contributed by atoms with Crippen LogP contribution >= 0.6 is 15.9 Å². The number of halogens is 1. The van der Waals surface area contributed by atoms with E-state index in [1.807, 2.05) is 42.5 Å². The minimum absolute atomic E-state index is 0.755. The van der Waals surface area contributed by atoms with Crippen LogP contribution in [0.5, 0.6) is 0 Å². The Morgan fingerprint density at radius 1 is 0.941 bits per heavy atom. The molecule has 0 aliphatic heterocycles. The van der Waals surface area contributed by atoms with Gasteiger partial charge in [0.25, 0.3) is 0 Å². The van der Waals surface area contributed by atoms with E-state index in [-0.39, 0.29) is 0 Å². The lowest BCUT2D eigenvalue weighted by Crippen LogP contribution is -1.88. The number of aldehydes is 1. The molecule has 0 bridgehead atoms. The first-order valence-electron chi connectivity index (χ1n) is 5.36. The topological polar surface area (TPSA) is 17.1 Å². The molecule has 2 heteroatoms. The number of carbonyl (C=O) groups is 1. The van der Waals surface area contributed by atoms with Crippen LogP contribution in [-0.2, 0) is 0 Å². The molecule has 0 amide bonds. The van der Waals surface area contributed by atoms with Gasteiger partial charge >= 0.3 is 0 Å². The zero-order valence-corrected chi connectivity index (χ0v) is 10.6. The van der Waals surface area contributed by atoms with Crippen LogP contribution in [0.15, 0.2) is 53.0 Å². The monoisotopic (exact) mass is 284 g/mol. The minimum Gasteiger partial charge on any atom is -0.298 e. The Labute approximate surface area is 107 Å². The van der Waals surface area contributed by atoms with Gasteiger partial charge in [-0.15, -0.1) is 0 Å². The Bertz CT molecular complexity index is 731. The number of carbonyl (C=O) groups excluding carboxylic acids is 1. The van der Waals surface area contributed by atoms with E-state index >= 15 is 0 Å². The summed E-state index contributed by atoms with van der Waals surface area (Å²) in [5.41, 5.74) is 0.755. The van der Waals surface area contributed by atoms with E-state index in [0.717, 1.165) is 37.9 Å². The molecule has 1 nitrogen and oxygen atoms in total. The molecule has 0 aliphatic carbocycles. The van der Waals surface area contributed by atoms with Crippen molar-refractivity contribution in [2.24, 2.45) is 0 Å². The fourth-order valence-corrected chi connectivity index (χ4v) is 2.83. The Morgan fingerprint density at radius 3 is 2.53 bits per heavy atom. The Hall–Kier alpha value is -1.67. The van der Waals surface area contributed by atoms with Crippen molar-refractivity contribution in [3.05, 3.63) is 58.6 Å². The van der Waals surface area contributed by atoms with Crippen molar-refractivity contribution in [3.8, 4) is 0 Å². The van der Waals surface area contributed by atoms with Gasteiger partial charge in [-0.25, -0.2) is 0 Å². The van der Waals surface area contributed by atoms with Gasteiger partial charge in [0.15, 0.2) is 6.29 Å². The number of benzene rings is 3. The Balaban J connectivity index is 2.64. The molecular weight excluding hydrogens is 276 g/mol. The van der Waals surface area contributed by atoms with Gasteiger partial charge in [-0.2, -0.15) is 0 Å². The van der Waals surface area contributed by atoms with Crippen molar-refractivity contribution in [2.45, 2.75) is 0 Å². The summed E-state index contributed by atoms with van der Waals surface area (Å²) in [5, 5.41) is 4.17. The molecule has 17 heavy (non-hydrogen) atoms. The van der Waals surface area contributed by atoms with Crippen LogP contribution in [-0.4, -0.2) is 6.29 Å². The number of hydrogen-bond acceptors (Lipinski definition) is 1. The fourth-order valence-electron chi connectivity index (χ4n) is 2.24. The average molecular weight is 285 g/mol. The van der Waals surface area contributed by atoms with E-state index in [4.69, 9.17) is 0 Å². The molecule has 82 valence electrons. The molecule has 0 atom stereocenters. The van der Waals surface area contributed by atoms with Crippen molar-refractivity contribution in [1.29, 1.82) is 0 Å². The second-order valence-electron chi connectivity index (χ2n) is 3.97. The molecule has 0 unspecified atom stereocenters. The molecule has 0 heterocycles. The van der Waals surface area contributed by atoms with Gasteiger partial charge in [-0.05, 0) is 28.3 Å². The van der Waals surface area contributed by atoms with Crippen LogP contribution < -0.4 is 0 Å². The highest BCUT2D eigenvalue weighted by Gasteiger charge is 2.08. The van der Waals surface area contributed by atoms with E-state index in [1.165, 1.54) is 0 Å². The molecule has 0 saturated carbocycles. The number of fused-ring (bicyclic) bond motifs is 2. The van der Waals surface area contributed by atoms with Gasteiger partial charge < -0.3 is 0 Å². The number of rotatable bonds is 1. The van der Waals surface area contributed by atoms with Crippen LogP contribution in [0.4, 0.5) is 0 Å². The highest BCUT2D eigenvalue weighted by molar-refractivity contribution is 9.10. The van der Waals surface area contributed by atoms with Crippen molar-refractivity contribution >= 4 is 43.8 Å². The van der Waals surface area contributed by atoms with E-state index in [2.05, 4.69) is 22.0 Å². The van der Waals surface area contributed by atoms with Gasteiger partial charge in [0.2, 0.25) is 0 Å². The maximum absolute atomic E-state index is 11.4. The summed E-state index contributed by atoms with van der Waals surface area (Å²) in [6.07, 6.45) is 0.940. The maximum atomic E-state index is 11.4. The van der Waals surface area contributed by atoms with Crippen molar-refractivity contribution in [3.63, 3.8) is 0 Å². The summed E-state index contributed by atoms with van der Waals surface area (Å²) >= 11 is 3.52. The molecule has 0 fully saturated rings. The zero-order chi connectivity index (χ0) is 11.8. The first kappa shape index (κ1) is 10.5. The van der Waals surface area contributed by atoms with Crippen LogP contribution in [0.1, 0.15) is 10.4 Å². The highest BCUT2D eigenvalue weighted by atomic mass is 79.9. The molecule has 0 saturated heterocycles. The van der Waals surface area contributed by atoms with E-state index in [1.54, 1.807) is 0 Å². The normalized spacial score (nSPS) is 10.9. The molecule has 0 radical (unpaired) electrons. The van der Waals surface area contributed by atoms with Crippen molar-refractivity contribution < 1.29 is 4.79 Å². The quantitative estimate of drug-likeness (QED) is 0.473. The Kier molecular flexibility index (Phi) is 2.45. The summed E-state index contributed by atoms with van der Waals surface area (Å²) in [5.74, 6) is 0. The summed E-state index contributed by atoms with van der Waals surface area (Å²) in [6.45, 7) is 0. The molecular formula is C15H9BrO. The third kappa shape index (κ3) is 1.56. The van der Waals surface area contributed by atoms with Crippen LogP contribution in [0.3, 0.4) is 0 Å². The van der Waals surface area contributed by atoms with Gasteiger partial charge in [0, 0.05) is 15.4 Å². The molecule has 3 aromatic rings. The third-order valence-corrected chi connectivity index (χ3v) is 3.66. The molecule has 3 rings (SSSR count). The summed E-state index contributed by atoms with van der Waals surface area (Å²) in [4.78, 5) is 11.4. The molecule has 0 aromatic heterocycles. The second kappa shape index (κ2) is 3.97. The standard InChI is InChI=1S/C15H9BrO/c16-14-7-3-5-11-8-10-4-1-2-6-12(10)13(9-17)15(11)14/h1-9H. The summed E-state index contributed by atoms with van der Waals surface area (Å²) in [6, 6.07) is 16.0. The minimum atomic E-state index is 0.755. The fraction of sp³-hybridized carbons (Fsp3) is 0. The lowest BCUT2D eigenvalue weighted by atomic mass is 9.98. The van der Waals surface area contributed by atoms with Crippen LogP contribution in [0.2, 0.25) is 0 Å². The van der Waals surface area contributed by atoms with Crippen LogP contribution in [0, 0.1) is 0 Å². The third-order valence-electron chi connectivity index (χ3n) is 2.99. The largest absolute Gasteiger partial charge is 0.298 e. The molecule has 0 spiro atoms. The van der Waals surface area contributed by atoms with Crippen molar-refractivity contribution in [2.75, 3.05) is 0 Å². The number of hydrogen-bond donors (Lipinski definition) is 0. The predicted molar refractivity (Wildman–Crippen MR) is 74.5 cm³/mol. The summed E-state index contributed by atoms with van der Waals surface area (Å²) < 4.78 is 0.961. The summed E-state index contributed by atoms with van der Waals surface area (Å²) in [7, 11) is 0. The second-order valence-corrected chi connectivity index (χ2v) is 4.82. The van der Waals surface area contributed by atoms with E-state index in [0.29, 0.717) is 0 Å². The van der Waals surface area contributed by atoms with E-state index in [9.17, 15) is 4.79 Å². The first-order chi connectivity index (χ1) is 8.31. The molecule has 0 N–H and O–H groups in total. The maximum Gasteiger partial charge on any atom is 0.151 e. The SMILES string of the molecule is O=Cc1c2ccccc2cc2cccc(Br)c12. The first-order valence-corrected chi connectivity index (χ1v) is 6.16. The van der Waals surface area contributed by atoms with Crippen LogP contribution in [0.25, 0.3) is 21.5 Å². The van der Waals surface area contributed by atoms with Crippen molar-refractivity contribution in [1.82, 2.24) is 0 Å². The predicted octanol–water partition coefficient (Wildman–Crippen LogP) is 4.57. The lowest BCUT2D eigenvalue weighted by Gasteiger charge is -2.08. The molecule has 3 aromatic carbocycles. The van der Waals surface area contributed by atoms with E-state index < -0.39 is 0 Å². The Morgan fingerprint density at radius 2 is 1.71 bits per heavy atom. The van der Waals surface area contributed by atoms with Gasteiger partial charge in [0.05, 0.1) is 0 Å². The van der Waals surface area contributed by atoms with Gasteiger partial charge in [0.1, 0.15) is 0 Å².